The average molecular weight is 754 g/mol. The molecule has 2 unspecified atom stereocenters. The highest BCUT2D eigenvalue weighted by Crippen LogP contribution is 2.44. The molecule has 8 rings (SSSR count). The van der Waals surface area contributed by atoms with Gasteiger partial charge in [0.2, 0.25) is 0 Å². The van der Waals surface area contributed by atoms with Gasteiger partial charge in [-0.1, -0.05) is 60.7 Å². The van der Waals surface area contributed by atoms with E-state index in [2.05, 4.69) is 36.4 Å². The van der Waals surface area contributed by atoms with E-state index in [0.29, 0.717) is 0 Å². The predicted molar refractivity (Wildman–Crippen MR) is 213 cm³/mol. The van der Waals surface area contributed by atoms with E-state index in [1.54, 1.807) is 22.7 Å². The zero-order valence-electron chi connectivity index (χ0n) is 27.5. The Bertz CT molecular complexity index is 2260. The Balaban J connectivity index is 0.000000625. The van der Waals surface area contributed by atoms with Crippen LogP contribution in [0.4, 0.5) is 0 Å². The van der Waals surface area contributed by atoms with E-state index < -0.39 is 7.85 Å². The molecule has 0 bridgehead atoms. The fourth-order valence-corrected chi connectivity index (χ4v) is 7.76. The van der Waals surface area contributed by atoms with Crippen LogP contribution in [0.5, 0.6) is 23.0 Å². The van der Waals surface area contributed by atoms with Crippen molar-refractivity contribution in [3.05, 3.63) is 140 Å². The number of rotatable bonds is 9. The number of hydrogen-bond donors (Lipinski definition) is 0. The predicted octanol–water partition coefficient (Wildman–Crippen LogP) is 12.9. The molecule has 8 aromatic rings. The quantitative estimate of drug-likeness (QED) is 0.137. The van der Waals surface area contributed by atoms with Gasteiger partial charge in [-0.15, -0.1) is 22.7 Å². The fraction of sp³-hybridized carbons (Fsp3) is 0. The molecule has 0 aliphatic carbocycles. The number of fused-ring (bicyclic) bond motifs is 1. The van der Waals surface area contributed by atoms with Crippen LogP contribution in [-0.2, 0) is 4.57 Å². The summed E-state index contributed by atoms with van der Waals surface area (Å²) in [5, 5.41) is 0. The molecule has 6 nitrogen and oxygen atoms in total. The first kappa shape index (κ1) is 30.8. The Hall–Kier alpha value is -4.19. The molecule has 240 valence electrons. The summed E-state index contributed by atoms with van der Waals surface area (Å²) >= 11 is 4.58. The highest BCUT2D eigenvalue weighted by molar-refractivity contribution is 8.35. The average Bonchev–Trinajstić information content (AvgIpc) is 3.95. The Morgan fingerprint density at radius 1 is 0.633 bits per heavy atom. The topological polar surface area (TPSA) is 74.2 Å². The molecule has 12 heteroatoms. The number of nitrogens with zero attached hydrogens (tertiary/aromatic N) is 3. The van der Waals surface area contributed by atoms with E-state index in [1.165, 1.54) is 11.7 Å². The summed E-state index contributed by atoms with van der Waals surface area (Å²) in [4.78, 5) is 9.26. The van der Waals surface area contributed by atoms with Crippen molar-refractivity contribution in [2.75, 3.05) is 0 Å². The fourth-order valence-electron chi connectivity index (χ4n) is 5.12. The van der Waals surface area contributed by atoms with Crippen molar-refractivity contribution >= 4 is 70.4 Å². The number of pyridine rings is 1. The molecule has 0 aliphatic heterocycles. The molecular weight excluding hydrogens is 724 g/mol. The minimum atomic E-state index is -2.56. The number of thiophene rings is 2. The standard InChI is InChI=1S/C37H23N3O2S3.H3OP3/c1-3-11-24(12-4-1)41-29-17-9-7-15-26(29)31-19-20-33(43-31)28-23-38-36(37-35(28)39-45-40-37)34-22-21-32(44-34)27-16-8-10-18-30(27)42-25-13-5-2-6-14-25;1-3-4-2/h1-23H;4H,2H2/p+1/i;4T/hD. The minimum Gasteiger partial charge on any atom is -0.457 e. The van der Waals surface area contributed by atoms with Gasteiger partial charge in [0.1, 0.15) is 39.7 Å². The zero-order valence-corrected chi connectivity index (χ0v) is 30.9. The highest BCUT2D eigenvalue weighted by Gasteiger charge is 2.19. The van der Waals surface area contributed by atoms with Gasteiger partial charge in [-0.3, -0.25) is 4.98 Å². The van der Waals surface area contributed by atoms with E-state index in [9.17, 15) is 4.57 Å². The molecule has 0 N–H and O–H groups in total. The molecule has 0 radical (unpaired) electrons. The first-order valence-corrected chi connectivity index (χ1v) is 21.3. The third-order valence-electron chi connectivity index (χ3n) is 7.30. The largest absolute Gasteiger partial charge is 0.457 e. The third-order valence-corrected chi connectivity index (χ3v) is 11.3. The van der Waals surface area contributed by atoms with Crippen LogP contribution in [0.3, 0.4) is 0 Å². The lowest BCUT2D eigenvalue weighted by Crippen LogP contribution is -1.87. The molecule has 0 spiro atoms. The Labute approximate surface area is 303 Å². The summed E-state index contributed by atoms with van der Waals surface area (Å²) in [5.74, 6) is 3.24. The van der Waals surface area contributed by atoms with Crippen LogP contribution in [-0.4, -0.2) is 16.3 Å². The number of ether oxygens (including phenoxy) is 2. The summed E-state index contributed by atoms with van der Waals surface area (Å²) in [6.45, 7) is 0. The van der Waals surface area contributed by atoms with Gasteiger partial charge >= 0.3 is 8.15 Å². The van der Waals surface area contributed by atoms with Crippen molar-refractivity contribution in [1.82, 2.24) is 13.7 Å². The summed E-state index contributed by atoms with van der Waals surface area (Å²) in [6.07, 6.45) is 1.92. The smallest absolute Gasteiger partial charge is 0.340 e. The van der Waals surface area contributed by atoms with Crippen molar-refractivity contribution in [3.8, 4) is 64.9 Å². The van der Waals surface area contributed by atoms with Crippen LogP contribution >= 0.6 is 59.3 Å². The van der Waals surface area contributed by atoms with Crippen LogP contribution in [0.15, 0.2) is 140 Å². The van der Waals surface area contributed by atoms with Crippen molar-refractivity contribution in [2.24, 2.45) is 0 Å². The summed E-state index contributed by atoms with van der Waals surface area (Å²) < 4.78 is 44.7. The van der Waals surface area contributed by atoms with E-state index >= 15 is 0 Å². The second-order valence-corrected chi connectivity index (χ2v) is 16.7. The van der Waals surface area contributed by atoms with Crippen molar-refractivity contribution < 1.29 is 14.0 Å². The second kappa shape index (κ2) is 16.0. The summed E-state index contributed by atoms with van der Waals surface area (Å²) in [6, 6.07) is 44.4. The molecular formula is C37H27N3O3P3S3+. The van der Waals surface area contributed by atoms with Crippen LogP contribution in [0.1, 0.15) is 0 Å². The van der Waals surface area contributed by atoms with Crippen LogP contribution in [0, 0.1) is 0 Å². The first-order valence-electron chi connectivity index (χ1n) is 15.8. The molecule has 2 atom stereocenters. The SMILES string of the molecule is [2H][P+]([3H])(P)P=O.c1ccc(Oc2ccccc2-c2ccc(-c3cnc(-c4ccc(-c5ccccc5Oc5ccccc5)s4)c4nsnc34)s2)cc1. The molecule has 4 aromatic heterocycles. The lowest BCUT2D eigenvalue weighted by molar-refractivity contribution is 0.484. The van der Waals surface area contributed by atoms with Crippen LogP contribution in [0.25, 0.3) is 52.9 Å². The number of hydrogen-bond acceptors (Lipinski definition) is 9. The van der Waals surface area contributed by atoms with Crippen molar-refractivity contribution in [3.63, 3.8) is 0 Å². The van der Waals surface area contributed by atoms with Crippen molar-refractivity contribution in [1.29, 1.82) is 2.56 Å². The van der Waals surface area contributed by atoms with Crippen LogP contribution in [0.2, 0.25) is 0 Å². The number of para-hydroxylation sites is 4. The Morgan fingerprint density at radius 2 is 1.08 bits per heavy atom. The third kappa shape index (κ3) is 7.69. The molecule has 49 heavy (non-hydrogen) atoms. The minimum absolute atomic E-state index is 0.368. The Kier molecular flexibility index (Phi) is 10.1. The van der Waals surface area contributed by atoms with Gasteiger partial charge in [-0.2, -0.15) is 8.75 Å². The van der Waals surface area contributed by atoms with Gasteiger partial charge in [0.15, 0.2) is 0 Å². The lowest BCUT2D eigenvalue weighted by atomic mass is 10.1. The van der Waals surface area contributed by atoms with E-state index in [0.717, 1.165) is 75.9 Å². The van der Waals surface area contributed by atoms with E-state index in [4.69, 9.17) is 25.8 Å². The van der Waals surface area contributed by atoms with Gasteiger partial charge in [0, 0.05) is 46.4 Å². The maximum atomic E-state index is 9.58. The van der Waals surface area contributed by atoms with Gasteiger partial charge in [-0.05, 0) is 72.8 Å². The maximum absolute atomic E-state index is 9.58. The highest BCUT2D eigenvalue weighted by atomic mass is 32.4. The molecule has 0 fully saturated rings. The van der Waals surface area contributed by atoms with Crippen LogP contribution < -0.4 is 9.47 Å². The first-order chi connectivity index (χ1) is 24.9. The molecule has 4 aromatic carbocycles. The maximum Gasteiger partial charge on any atom is 0.340 e. The number of benzene rings is 4. The normalized spacial score (nSPS) is 12.8. The molecule has 0 saturated carbocycles. The van der Waals surface area contributed by atoms with E-state index in [1.807, 2.05) is 112 Å². The van der Waals surface area contributed by atoms with E-state index in [-0.39, 0.29) is 8.15 Å². The van der Waals surface area contributed by atoms with Crippen molar-refractivity contribution in [2.45, 2.75) is 0 Å². The molecule has 0 saturated heterocycles. The summed E-state index contributed by atoms with van der Waals surface area (Å²) in [7, 11) is -1.02. The van der Waals surface area contributed by atoms with Gasteiger partial charge < -0.3 is 9.47 Å². The second-order valence-electron chi connectivity index (χ2n) is 10.3. The monoisotopic (exact) mass is 753 g/mol. The zero-order chi connectivity index (χ0) is 35.2. The molecule has 0 amide bonds. The van der Waals surface area contributed by atoms with Gasteiger partial charge in [0.05, 0.1) is 24.5 Å². The Morgan fingerprint density at radius 3 is 1.63 bits per heavy atom. The molecule has 4 heterocycles. The lowest BCUT2D eigenvalue weighted by Gasteiger charge is -2.10. The number of aromatic nitrogens is 3. The molecule has 0 aliphatic rings. The van der Waals surface area contributed by atoms with Gasteiger partial charge in [0.25, 0.3) is 2.56 Å². The summed E-state index contributed by atoms with van der Waals surface area (Å²) in [5.41, 5.74) is 5.54. The van der Waals surface area contributed by atoms with Gasteiger partial charge in [-0.25, -0.2) is 4.57 Å².